The molecule has 0 aromatic rings. The lowest BCUT2D eigenvalue weighted by Gasteiger charge is -2.06. The highest BCUT2D eigenvalue weighted by molar-refractivity contribution is 5.67. The molecule has 0 aliphatic heterocycles. The van der Waals surface area contributed by atoms with Crippen LogP contribution < -0.4 is 11.1 Å². The number of carbonyl (C=O) groups is 1. The normalized spacial score (nSPS) is 13.0. The van der Waals surface area contributed by atoms with Gasteiger partial charge in [0.05, 0.1) is 6.42 Å². The lowest BCUT2D eigenvalue weighted by atomic mass is 10.1. The fourth-order valence-corrected chi connectivity index (χ4v) is 0.656. The molecule has 4 nitrogen and oxygen atoms in total. The fraction of sp³-hybridized carbons (Fsp3) is 0.833. The topological polar surface area (TPSA) is 75.3 Å². The summed E-state index contributed by atoms with van der Waals surface area (Å²) >= 11 is 0. The summed E-state index contributed by atoms with van der Waals surface area (Å²) in [6.07, 6.45) is 0.768. The number of aliphatic carboxylic acids is 1. The minimum absolute atomic E-state index is 0.0572. The largest absolute Gasteiger partial charge is 0.481 e. The molecular weight excluding hydrogens is 132 g/mol. The summed E-state index contributed by atoms with van der Waals surface area (Å²) < 4.78 is 0. The molecule has 0 amide bonds. The van der Waals surface area contributed by atoms with Gasteiger partial charge in [-0.2, -0.15) is 0 Å². The molecule has 0 saturated carbocycles. The van der Waals surface area contributed by atoms with Gasteiger partial charge in [0, 0.05) is 6.04 Å². The first-order valence-corrected chi connectivity index (χ1v) is 3.28. The highest BCUT2D eigenvalue weighted by Crippen LogP contribution is 1.91. The molecule has 0 unspecified atom stereocenters. The van der Waals surface area contributed by atoms with E-state index in [2.05, 4.69) is 5.32 Å². The monoisotopic (exact) mass is 146 g/mol. The van der Waals surface area contributed by atoms with Crippen molar-refractivity contribution in [3.63, 3.8) is 0 Å². The van der Waals surface area contributed by atoms with Crippen LogP contribution in [0.4, 0.5) is 0 Å². The molecule has 0 spiro atoms. The Kier molecular flexibility index (Phi) is 4.88. The minimum atomic E-state index is -0.830. The van der Waals surface area contributed by atoms with Crippen LogP contribution in [0.25, 0.3) is 0 Å². The summed E-state index contributed by atoms with van der Waals surface area (Å²) in [6.45, 7) is 0.772. The first-order valence-electron chi connectivity index (χ1n) is 3.28. The molecule has 1 atom stereocenters. The van der Waals surface area contributed by atoms with E-state index < -0.39 is 5.97 Å². The highest BCUT2D eigenvalue weighted by Gasteiger charge is 2.05. The zero-order valence-corrected chi connectivity index (χ0v) is 6.13. The molecule has 0 rings (SSSR count). The van der Waals surface area contributed by atoms with Crippen molar-refractivity contribution in [1.29, 1.82) is 0 Å². The van der Waals surface area contributed by atoms with E-state index in [-0.39, 0.29) is 12.5 Å². The van der Waals surface area contributed by atoms with E-state index in [1.54, 1.807) is 0 Å². The Morgan fingerprint density at radius 3 is 2.80 bits per heavy atom. The van der Waals surface area contributed by atoms with Gasteiger partial charge >= 0.3 is 5.97 Å². The van der Waals surface area contributed by atoms with Crippen molar-refractivity contribution in [2.45, 2.75) is 18.9 Å². The fourth-order valence-electron chi connectivity index (χ4n) is 0.656. The smallest absolute Gasteiger partial charge is 0.304 e. The molecule has 0 saturated heterocycles. The van der Waals surface area contributed by atoms with Gasteiger partial charge in [0.2, 0.25) is 0 Å². The Balaban J connectivity index is 3.25. The van der Waals surface area contributed by atoms with Gasteiger partial charge in [0.1, 0.15) is 0 Å². The van der Waals surface area contributed by atoms with Gasteiger partial charge in [0.15, 0.2) is 0 Å². The predicted molar refractivity (Wildman–Crippen MR) is 38.8 cm³/mol. The Bertz CT molecular complexity index is 106. The van der Waals surface area contributed by atoms with Crippen LogP contribution in [0.15, 0.2) is 0 Å². The Morgan fingerprint density at radius 1 is 1.80 bits per heavy atom. The summed E-state index contributed by atoms with van der Waals surface area (Å²) in [5, 5.41) is 11.2. The summed E-state index contributed by atoms with van der Waals surface area (Å²) in [5.74, 6) is -0.830. The molecule has 0 fully saturated rings. The van der Waals surface area contributed by atoms with Crippen LogP contribution in [-0.4, -0.2) is 30.7 Å². The molecule has 4 N–H and O–H groups in total. The van der Waals surface area contributed by atoms with E-state index >= 15 is 0 Å². The standard InChI is InChI=1S/C6H14N2O2/c1-8-3-2-5(7)4-6(9)10/h5,8H,2-4,7H2,1H3,(H,9,10)/t5-/m0/s1. The zero-order valence-electron chi connectivity index (χ0n) is 6.13. The van der Waals surface area contributed by atoms with E-state index in [0.29, 0.717) is 6.42 Å². The molecular formula is C6H14N2O2. The first-order chi connectivity index (χ1) is 4.66. The van der Waals surface area contributed by atoms with E-state index in [4.69, 9.17) is 10.8 Å². The van der Waals surface area contributed by atoms with Gasteiger partial charge in [-0.3, -0.25) is 4.79 Å². The lowest BCUT2D eigenvalue weighted by molar-refractivity contribution is -0.137. The molecule has 60 valence electrons. The molecule has 10 heavy (non-hydrogen) atoms. The van der Waals surface area contributed by atoms with Gasteiger partial charge in [-0.1, -0.05) is 0 Å². The van der Waals surface area contributed by atoms with Gasteiger partial charge < -0.3 is 16.2 Å². The van der Waals surface area contributed by atoms with E-state index in [1.807, 2.05) is 7.05 Å². The van der Waals surface area contributed by atoms with Gasteiger partial charge in [-0.15, -0.1) is 0 Å². The molecule has 0 heterocycles. The lowest BCUT2D eigenvalue weighted by Crippen LogP contribution is -2.27. The molecule has 0 aromatic carbocycles. The molecule has 0 aliphatic rings. The van der Waals surface area contributed by atoms with Gasteiger partial charge in [-0.25, -0.2) is 0 Å². The third-order valence-electron chi connectivity index (χ3n) is 1.20. The van der Waals surface area contributed by atoms with Crippen LogP contribution in [0.2, 0.25) is 0 Å². The predicted octanol–water partition coefficient (Wildman–Crippen LogP) is -0.602. The summed E-state index contributed by atoms with van der Waals surface area (Å²) in [5.41, 5.74) is 5.44. The molecule has 0 radical (unpaired) electrons. The van der Waals surface area contributed by atoms with Crippen LogP contribution in [0.5, 0.6) is 0 Å². The zero-order chi connectivity index (χ0) is 7.98. The van der Waals surface area contributed by atoms with Crippen molar-refractivity contribution in [1.82, 2.24) is 5.32 Å². The maximum absolute atomic E-state index is 10.1. The Morgan fingerprint density at radius 2 is 2.40 bits per heavy atom. The number of carboxylic acid groups (broad SMARTS) is 1. The van der Waals surface area contributed by atoms with E-state index in [1.165, 1.54) is 0 Å². The number of hydrogen-bond donors (Lipinski definition) is 3. The van der Waals surface area contributed by atoms with Crippen LogP contribution in [0, 0.1) is 0 Å². The van der Waals surface area contributed by atoms with Crippen molar-refractivity contribution in [3.8, 4) is 0 Å². The molecule has 0 aromatic heterocycles. The van der Waals surface area contributed by atoms with Gasteiger partial charge in [0.25, 0.3) is 0 Å². The van der Waals surface area contributed by atoms with E-state index in [9.17, 15) is 4.79 Å². The summed E-state index contributed by atoms with van der Waals surface area (Å²) in [4.78, 5) is 10.1. The maximum atomic E-state index is 10.1. The van der Waals surface area contributed by atoms with Crippen molar-refractivity contribution in [2.75, 3.05) is 13.6 Å². The maximum Gasteiger partial charge on any atom is 0.304 e. The average molecular weight is 146 g/mol. The van der Waals surface area contributed by atoms with Crippen molar-refractivity contribution >= 4 is 5.97 Å². The second-order valence-electron chi connectivity index (χ2n) is 2.25. The Hall–Kier alpha value is -0.610. The van der Waals surface area contributed by atoms with Crippen molar-refractivity contribution in [3.05, 3.63) is 0 Å². The third kappa shape index (κ3) is 5.53. The molecule has 0 aliphatic carbocycles. The van der Waals surface area contributed by atoms with Crippen LogP contribution in [0.1, 0.15) is 12.8 Å². The van der Waals surface area contributed by atoms with Crippen molar-refractivity contribution < 1.29 is 9.90 Å². The second-order valence-corrected chi connectivity index (χ2v) is 2.25. The first kappa shape index (κ1) is 9.39. The quantitative estimate of drug-likeness (QED) is 0.484. The summed E-state index contributed by atoms with van der Waals surface area (Å²) in [7, 11) is 1.81. The van der Waals surface area contributed by atoms with E-state index in [0.717, 1.165) is 6.54 Å². The van der Waals surface area contributed by atoms with Gasteiger partial charge in [-0.05, 0) is 20.0 Å². The number of nitrogens with one attached hydrogen (secondary N) is 1. The van der Waals surface area contributed by atoms with Crippen LogP contribution >= 0.6 is 0 Å². The van der Waals surface area contributed by atoms with Crippen molar-refractivity contribution in [2.24, 2.45) is 5.73 Å². The SMILES string of the molecule is CNCC[C@H](N)CC(=O)O. The molecule has 4 heteroatoms. The summed E-state index contributed by atoms with van der Waals surface area (Å²) in [6, 6.07) is -0.218. The third-order valence-corrected chi connectivity index (χ3v) is 1.20. The van der Waals surface area contributed by atoms with Crippen LogP contribution in [-0.2, 0) is 4.79 Å². The number of nitrogens with two attached hydrogens (primary N) is 1. The minimum Gasteiger partial charge on any atom is -0.481 e. The Labute approximate surface area is 60.4 Å². The van der Waals surface area contributed by atoms with Crippen LogP contribution in [0.3, 0.4) is 0 Å². The average Bonchev–Trinajstić information content (AvgIpc) is 1.82. The number of rotatable bonds is 5. The number of hydrogen-bond acceptors (Lipinski definition) is 3. The molecule has 0 bridgehead atoms. The number of carboxylic acids is 1. The highest BCUT2D eigenvalue weighted by atomic mass is 16.4. The second kappa shape index (κ2) is 5.20.